The summed E-state index contributed by atoms with van der Waals surface area (Å²) in [5, 5.41) is 0. The average molecular weight is 163 g/mol. The number of benzene rings is 1. The number of aryl methyl sites for hydroxylation is 2. The molecule has 1 aromatic carbocycles. The van der Waals surface area contributed by atoms with E-state index in [-0.39, 0.29) is 0 Å². The van der Waals surface area contributed by atoms with E-state index in [9.17, 15) is 0 Å². The minimum atomic E-state index is 0.811. The molecule has 0 unspecified atom stereocenters. The fourth-order valence-electron chi connectivity index (χ4n) is 1.34. The molecule has 12 heavy (non-hydrogen) atoms. The van der Waals surface area contributed by atoms with Crippen molar-refractivity contribution in [3.8, 4) is 0 Å². The smallest absolute Gasteiger partial charge is 0.00772 e. The van der Waals surface area contributed by atoms with Crippen molar-refractivity contribution in [2.75, 3.05) is 6.54 Å². The van der Waals surface area contributed by atoms with Crippen LogP contribution in [0, 0.1) is 6.92 Å². The van der Waals surface area contributed by atoms with E-state index in [1.54, 1.807) is 0 Å². The van der Waals surface area contributed by atoms with Gasteiger partial charge in [-0.1, -0.05) is 29.8 Å². The minimum absolute atomic E-state index is 0.811. The van der Waals surface area contributed by atoms with E-state index in [4.69, 9.17) is 5.73 Å². The summed E-state index contributed by atoms with van der Waals surface area (Å²) in [4.78, 5) is 0. The SMILES string of the molecule is Cc1cccc(CCCCN)c1. The van der Waals surface area contributed by atoms with Crippen LogP contribution in [0.15, 0.2) is 24.3 Å². The van der Waals surface area contributed by atoms with E-state index in [0.29, 0.717) is 0 Å². The van der Waals surface area contributed by atoms with Crippen LogP contribution in [-0.4, -0.2) is 6.54 Å². The molecule has 0 saturated heterocycles. The van der Waals surface area contributed by atoms with E-state index in [1.807, 2.05) is 0 Å². The number of nitrogens with two attached hydrogens (primary N) is 1. The van der Waals surface area contributed by atoms with Gasteiger partial charge in [-0.15, -0.1) is 0 Å². The van der Waals surface area contributed by atoms with Crippen molar-refractivity contribution in [1.29, 1.82) is 0 Å². The van der Waals surface area contributed by atoms with Gasteiger partial charge in [-0.25, -0.2) is 0 Å². The first kappa shape index (κ1) is 9.27. The summed E-state index contributed by atoms with van der Waals surface area (Å²) in [6, 6.07) is 8.68. The zero-order chi connectivity index (χ0) is 8.81. The first-order valence-corrected chi connectivity index (χ1v) is 4.58. The maximum atomic E-state index is 5.42. The summed E-state index contributed by atoms with van der Waals surface area (Å²) < 4.78 is 0. The van der Waals surface area contributed by atoms with Gasteiger partial charge in [0.25, 0.3) is 0 Å². The summed E-state index contributed by atoms with van der Waals surface area (Å²) in [6.07, 6.45) is 3.51. The molecular formula is C11H17N. The van der Waals surface area contributed by atoms with Gasteiger partial charge in [0, 0.05) is 0 Å². The van der Waals surface area contributed by atoms with Gasteiger partial charge >= 0.3 is 0 Å². The number of hydrogen-bond acceptors (Lipinski definition) is 1. The summed E-state index contributed by atoms with van der Waals surface area (Å²) in [6.45, 7) is 2.94. The van der Waals surface area contributed by atoms with Gasteiger partial charge in [0.15, 0.2) is 0 Å². The molecule has 0 aliphatic heterocycles. The zero-order valence-corrected chi connectivity index (χ0v) is 7.72. The topological polar surface area (TPSA) is 26.0 Å². The fraction of sp³-hybridized carbons (Fsp3) is 0.455. The molecule has 1 rings (SSSR count). The van der Waals surface area contributed by atoms with Gasteiger partial charge in [0.05, 0.1) is 0 Å². The number of rotatable bonds is 4. The molecule has 2 N–H and O–H groups in total. The van der Waals surface area contributed by atoms with Crippen LogP contribution in [-0.2, 0) is 6.42 Å². The Morgan fingerprint density at radius 3 is 2.75 bits per heavy atom. The summed E-state index contributed by atoms with van der Waals surface area (Å²) in [7, 11) is 0. The molecule has 1 nitrogen and oxygen atoms in total. The Labute approximate surface area is 74.6 Å². The lowest BCUT2D eigenvalue weighted by Gasteiger charge is -2.00. The lowest BCUT2D eigenvalue weighted by molar-refractivity contribution is 0.744. The van der Waals surface area contributed by atoms with Crippen LogP contribution in [0.4, 0.5) is 0 Å². The molecular weight excluding hydrogens is 146 g/mol. The van der Waals surface area contributed by atoms with E-state index in [2.05, 4.69) is 31.2 Å². The molecule has 0 saturated carbocycles. The van der Waals surface area contributed by atoms with Crippen molar-refractivity contribution >= 4 is 0 Å². The third-order valence-electron chi connectivity index (χ3n) is 2.00. The minimum Gasteiger partial charge on any atom is -0.330 e. The van der Waals surface area contributed by atoms with Crippen molar-refractivity contribution in [2.45, 2.75) is 26.2 Å². The lowest BCUT2D eigenvalue weighted by Crippen LogP contribution is -1.98. The molecule has 0 aliphatic rings. The number of unbranched alkanes of at least 4 members (excludes halogenated alkanes) is 1. The van der Waals surface area contributed by atoms with Crippen LogP contribution in [0.1, 0.15) is 24.0 Å². The molecule has 0 spiro atoms. The van der Waals surface area contributed by atoms with Gasteiger partial charge in [0.2, 0.25) is 0 Å². The highest BCUT2D eigenvalue weighted by atomic mass is 14.5. The summed E-state index contributed by atoms with van der Waals surface area (Å²) >= 11 is 0. The van der Waals surface area contributed by atoms with Gasteiger partial charge in [0.1, 0.15) is 0 Å². The molecule has 1 heteroatoms. The first-order chi connectivity index (χ1) is 5.83. The Morgan fingerprint density at radius 1 is 1.25 bits per heavy atom. The van der Waals surface area contributed by atoms with E-state index < -0.39 is 0 Å². The number of hydrogen-bond donors (Lipinski definition) is 1. The van der Waals surface area contributed by atoms with Crippen molar-refractivity contribution in [3.05, 3.63) is 35.4 Å². The standard InChI is InChI=1S/C11H17N/c1-10-5-4-7-11(9-10)6-2-3-8-12/h4-5,7,9H,2-3,6,8,12H2,1H3. The molecule has 0 radical (unpaired) electrons. The maximum Gasteiger partial charge on any atom is -0.00772 e. The molecule has 66 valence electrons. The molecule has 1 aromatic rings. The van der Waals surface area contributed by atoms with Crippen LogP contribution in [0.3, 0.4) is 0 Å². The summed E-state index contributed by atoms with van der Waals surface area (Å²) in [5.74, 6) is 0. The largest absolute Gasteiger partial charge is 0.330 e. The highest BCUT2D eigenvalue weighted by Gasteiger charge is 1.92. The van der Waals surface area contributed by atoms with E-state index in [1.165, 1.54) is 24.0 Å². The quantitative estimate of drug-likeness (QED) is 0.677. The van der Waals surface area contributed by atoms with Crippen molar-refractivity contribution in [1.82, 2.24) is 0 Å². The predicted octanol–water partition coefficient (Wildman–Crippen LogP) is 2.28. The highest BCUT2D eigenvalue weighted by Crippen LogP contribution is 2.07. The third kappa shape index (κ3) is 3.05. The molecule has 0 atom stereocenters. The fourth-order valence-corrected chi connectivity index (χ4v) is 1.34. The maximum absolute atomic E-state index is 5.42. The molecule has 0 fully saturated rings. The Hall–Kier alpha value is -0.820. The Morgan fingerprint density at radius 2 is 2.08 bits per heavy atom. The van der Waals surface area contributed by atoms with Crippen molar-refractivity contribution in [2.24, 2.45) is 5.73 Å². The van der Waals surface area contributed by atoms with Gasteiger partial charge < -0.3 is 5.73 Å². The van der Waals surface area contributed by atoms with Crippen LogP contribution < -0.4 is 5.73 Å². The average Bonchev–Trinajstić information content (AvgIpc) is 2.05. The Kier molecular flexibility index (Phi) is 3.81. The summed E-state index contributed by atoms with van der Waals surface area (Å²) in [5.41, 5.74) is 8.20. The predicted molar refractivity (Wildman–Crippen MR) is 53.2 cm³/mol. The Balaban J connectivity index is 2.41. The molecule has 0 amide bonds. The third-order valence-corrected chi connectivity index (χ3v) is 2.00. The highest BCUT2D eigenvalue weighted by molar-refractivity contribution is 5.22. The second kappa shape index (κ2) is 4.94. The van der Waals surface area contributed by atoms with Gasteiger partial charge in [-0.3, -0.25) is 0 Å². The monoisotopic (exact) mass is 163 g/mol. The van der Waals surface area contributed by atoms with Crippen LogP contribution in [0.25, 0.3) is 0 Å². The second-order valence-electron chi connectivity index (χ2n) is 3.23. The molecule has 0 aliphatic carbocycles. The second-order valence-corrected chi connectivity index (χ2v) is 3.23. The van der Waals surface area contributed by atoms with Crippen molar-refractivity contribution in [3.63, 3.8) is 0 Å². The van der Waals surface area contributed by atoms with Gasteiger partial charge in [-0.2, -0.15) is 0 Å². The first-order valence-electron chi connectivity index (χ1n) is 4.58. The van der Waals surface area contributed by atoms with Crippen LogP contribution in [0.5, 0.6) is 0 Å². The van der Waals surface area contributed by atoms with E-state index >= 15 is 0 Å². The zero-order valence-electron chi connectivity index (χ0n) is 7.72. The molecule has 0 heterocycles. The lowest BCUT2D eigenvalue weighted by atomic mass is 10.1. The van der Waals surface area contributed by atoms with Crippen LogP contribution in [0.2, 0.25) is 0 Å². The van der Waals surface area contributed by atoms with Gasteiger partial charge in [-0.05, 0) is 38.3 Å². The Bertz CT molecular complexity index is 230. The molecule has 0 aromatic heterocycles. The van der Waals surface area contributed by atoms with Crippen LogP contribution >= 0.6 is 0 Å². The van der Waals surface area contributed by atoms with E-state index in [0.717, 1.165) is 13.0 Å². The molecule has 0 bridgehead atoms. The van der Waals surface area contributed by atoms with Crippen molar-refractivity contribution < 1.29 is 0 Å². The normalized spacial score (nSPS) is 10.2.